The van der Waals surface area contributed by atoms with Crippen LogP contribution in [0.5, 0.6) is 0 Å². The molecule has 0 bridgehead atoms. The summed E-state index contributed by atoms with van der Waals surface area (Å²) < 4.78 is 25.5. The number of hydrogen-bond acceptors (Lipinski definition) is 4. The number of nitrogens with zero attached hydrogens (tertiary/aromatic N) is 1. The monoisotopic (exact) mass is 416 g/mol. The average Bonchev–Trinajstić information content (AvgIpc) is 2.73. The van der Waals surface area contributed by atoms with Crippen molar-refractivity contribution < 1.29 is 8.42 Å². The van der Waals surface area contributed by atoms with Gasteiger partial charge >= 0.3 is 0 Å². The van der Waals surface area contributed by atoms with Gasteiger partial charge in [0.05, 0.1) is 28.3 Å². The average molecular weight is 417 g/mol. The zero-order valence-corrected chi connectivity index (χ0v) is 17.9. The molecule has 3 aromatic carbocycles. The molecule has 3 aromatic rings. The maximum atomic E-state index is 12.8. The topological polar surface area (TPSA) is 70.0 Å². The molecule has 0 amide bonds. The maximum absolute atomic E-state index is 12.8. The Balaban J connectivity index is 1.62. The molecular weight excluding hydrogens is 392 g/mol. The SMILES string of the molecule is CC1(C)CC(c2cccc(CS(=O)(=O)c3ccccc3)c2)Nc2ccc(C#N)cc21. The van der Waals surface area contributed by atoms with Crippen molar-refractivity contribution >= 4 is 15.5 Å². The van der Waals surface area contributed by atoms with Crippen LogP contribution in [0, 0.1) is 11.3 Å². The van der Waals surface area contributed by atoms with Gasteiger partial charge in [-0.25, -0.2) is 8.42 Å². The van der Waals surface area contributed by atoms with Gasteiger partial charge < -0.3 is 5.32 Å². The maximum Gasteiger partial charge on any atom is 0.182 e. The Morgan fingerprint density at radius 1 is 1.03 bits per heavy atom. The summed E-state index contributed by atoms with van der Waals surface area (Å²) in [7, 11) is -3.39. The third kappa shape index (κ3) is 3.96. The van der Waals surface area contributed by atoms with Crippen LogP contribution in [-0.2, 0) is 21.0 Å². The second-order valence-corrected chi connectivity index (χ2v) is 10.5. The number of anilines is 1. The lowest BCUT2D eigenvalue weighted by molar-refractivity contribution is 0.427. The molecule has 0 aliphatic carbocycles. The van der Waals surface area contributed by atoms with E-state index in [1.165, 1.54) is 0 Å². The van der Waals surface area contributed by atoms with Crippen LogP contribution in [0.25, 0.3) is 0 Å². The smallest absolute Gasteiger partial charge is 0.182 e. The Bertz CT molecular complexity index is 1230. The van der Waals surface area contributed by atoms with Gasteiger partial charge in [-0.1, -0.05) is 56.3 Å². The molecule has 4 nitrogen and oxygen atoms in total. The van der Waals surface area contributed by atoms with E-state index in [1.807, 2.05) is 48.5 Å². The van der Waals surface area contributed by atoms with Gasteiger partial charge in [-0.3, -0.25) is 0 Å². The Kier molecular flexibility index (Phi) is 5.13. The molecule has 4 rings (SSSR count). The van der Waals surface area contributed by atoms with Gasteiger partial charge in [0.15, 0.2) is 9.84 Å². The highest BCUT2D eigenvalue weighted by Crippen LogP contribution is 2.44. The number of nitriles is 1. The number of sulfone groups is 1. The van der Waals surface area contributed by atoms with Crippen LogP contribution in [0.1, 0.15) is 48.6 Å². The third-order valence-corrected chi connectivity index (χ3v) is 7.44. The summed E-state index contributed by atoms with van der Waals surface area (Å²) in [6.07, 6.45) is 0.851. The Hall–Kier alpha value is -3.10. The Morgan fingerprint density at radius 3 is 2.53 bits per heavy atom. The van der Waals surface area contributed by atoms with Crippen LogP contribution in [-0.4, -0.2) is 8.42 Å². The van der Waals surface area contributed by atoms with Crippen LogP contribution >= 0.6 is 0 Å². The van der Waals surface area contributed by atoms with Crippen molar-refractivity contribution in [1.29, 1.82) is 5.26 Å². The van der Waals surface area contributed by atoms with Gasteiger partial charge in [0.25, 0.3) is 0 Å². The first-order chi connectivity index (χ1) is 14.3. The highest BCUT2D eigenvalue weighted by Gasteiger charge is 2.33. The van der Waals surface area contributed by atoms with Gasteiger partial charge in [-0.05, 0) is 58.9 Å². The van der Waals surface area contributed by atoms with Gasteiger partial charge in [0.2, 0.25) is 0 Å². The van der Waals surface area contributed by atoms with E-state index in [-0.39, 0.29) is 17.2 Å². The molecule has 0 aromatic heterocycles. The number of rotatable bonds is 4. The highest BCUT2D eigenvalue weighted by atomic mass is 32.2. The number of hydrogen-bond donors (Lipinski definition) is 1. The van der Waals surface area contributed by atoms with E-state index < -0.39 is 9.84 Å². The lowest BCUT2D eigenvalue weighted by Crippen LogP contribution is -2.31. The lowest BCUT2D eigenvalue weighted by Gasteiger charge is -2.39. The molecular formula is C25H24N2O2S. The van der Waals surface area contributed by atoms with E-state index in [0.717, 1.165) is 28.8 Å². The molecule has 0 saturated carbocycles. The summed E-state index contributed by atoms with van der Waals surface area (Å²) in [5.41, 5.74) is 4.57. The summed E-state index contributed by atoms with van der Waals surface area (Å²) in [6, 6.07) is 24.4. The van der Waals surface area contributed by atoms with E-state index in [9.17, 15) is 13.7 Å². The molecule has 0 spiro atoms. The molecule has 1 N–H and O–H groups in total. The predicted octanol–water partition coefficient (Wildman–Crippen LogP) is 5.37. The van der Waals surface area contributed by atoms with E-state index in [4.69, 9.17) is 0 Å². The first kappa shape index (κ1) is 20.2. The van der Waals surface area contributed by atoms with Gasteiger partial charge in [-0.15, -0.1) is 0 Å². The van der Waals surface area contributed by atoms with Crippen molar-refractivity contribution in [3.8, 4) is 6.07 Å². The van der Waals surface area contributed by atoms with Gasteiger partial charge in [0, 0.05) is 5.69 Å². The minimum absolute atomic E-state index is 0.0247. The molecule has 1 aliphatic rings. The Morgan fingerprint density at radius 2 is 1.80 bits per heavy atom. The van der Waals surface area contributed by atoms with Gasteiger partial charge in [0.1, 0.15) is 0 Å². The lowest BCUT2D eigenvalue weighted by atomic mass is 9.73. The minimum Gasteiger partial charge on any atom is -0.378 e. The fourth-order valence-corrected chi connectivity index (χ4v) is 5.55. The fraction of sp³-hybridized carbons (Fsp3) is 0.240. The van der Waals surface area contributed by atoms with E-state index in [2.05, 4.69) is 25.2 Å². The van der Waals surface area contributed by atoms with Crippen molar-refractivity contribution in [2.75, 3.05) is 5.32 Å². The fourth-order valence-electron chi connectivity index (χ4n) is 4.19. The minimum atomic E-state index is -3.39. The van der Waals surface area contributed by atoms with Crippen molar-refractivity contribution in [2.24, 2.45) is 0 Å². The number of nitrogens with one attached hydrogen (secondary N) is 1. The predicted molar refractivity (Wildman–Crippen MR) is 119 cm³/mol. The molecule has 0 saturated heterocycles. The van der Waals surface area contributed by atoms with Crippen LogP contribution < -0.4 is 5.32 Å². The van der Waals surface area contributed by atoms with Crippen LogP contribution in [0.3, 0.4) is 0 Å². The summed E-state index contributed by atoms with van der Waals surface area (Å²) in [4.78, 5) is 0.342. The van der Waals surface area contributed by atoms with E-state index >= 15 is 0 Å². The molecule has 1 atom stereocenters. The van der Waals surface area contributed by atoms with Crippen molar-refractivity contribution in [2.45, 2.75) is 42.4 Å². The molecule has 152 valence electrons. The quantitative estimate of drug-likeness (QED) is 0.621. The van der Waals surface area contributed by atoms with Crippen molar-refractivity contribution in [3.05, 3.63) is 95.1 Å². The van der Waals surface area contributed by atoms with Crippen molar-refractivity contribution in [3.63, 3.8) is 0 Å². The molecule has 1 heterocycles. The normalized spacial score (nSPS) is 17.4. The zero-order chi connectivity index (χ0) is 21.4. The molecule has 0 fully saturated rings. The zero-order valence-electron chi connectivity index (χ0n) is 17.1. The number of fused-ring (bicyclic) bond motifs is 1. The molecule has 5 heteroatoms. The third-order valence-electron chi connectivity index (χ3n) is 5.73. The van der Waals surface area contributed by atoms with Crippen molar-refractivity contribution in [1.82, 2.24) is 0 Å². The summed E-state index contributed by atoms with van der Waals surface area (Å²) in [6.45, 7) is 4.37. The molecule has 30 heavy (non-hydrogen) atoms. The summed E-state index contributed by atoms with van der Waals surface area (Å²) >= 11 is 0. The van der Waals surface area contributed by atoms with Crippen LogP contribution in [0.2, 0.25) is 0 Å². The second-order valence-electron chi connectivity index (χ2n) is 8.47. The molecule has 1 unspecified atom stereocenters. The number of benzene rings is 3. The molecule has 0 radical (unpaired) electrons. The van der Waals surface area contributed by atoms with Crippen LogP contribution in [0.15, 0.2) is 77.7 Å². The largest absolute Gasteiger partial charge is 0.378 e. The second kappa shape index (κ2) is 7.62. The van der Waals surface area contributed by atoms with E-state index in [1.54, 1.807) is 24.3 Å². The van der Waals surface area contributed by atoms with E-state index in [0.29, 0.717) is 10.5 Å². The highest BCUT2D eigenvalue weighted by molar-refractivity contribution is 7.90. The Labute approximate surface area is 178 Å². The molecule has 1 aliphatic heterocycles. The van der Waals surface area contributed by atoms with Gasteiger partial charge in [-0.2, -0.15) is 5.26 Å². The first-order valence-corrected chi connectivity index (χ1v) is 11.6. The summed E-state index contributed by atoms with van der Waals surface area (Å²) in [5.74, 6) is -0.0247. The first-order valence-electron chi connectivity index (χ1n) is 9.96. The summed E-state index contributed by atoms with van der Waals surface area (Å²) in [5, 5.41) is 12.8. The standard InChI is InChI=1S/C25H24N2O2S/c1-25(2)15-24(27-23-12-11-18(16-26)14-22(23)25)20-8-6-7-19(13-20)17-30(28,29)21-9-4-3-5-10-21/h3-14,24,27H,15,17H2,1-2H3. The van der Waals surface area contributed by atoms with Crippen LogP contribution in [0.4, 0.5) is 5.69 Å².